The maximum Gasteiger partial charge on any atom is 0.306 e. The van der Waals surface area contributed by atoms with Gasteiger partial charge in [-0.15, -0.1) is 0 Å². The van der Waals surface area contributed by atoms with E-state index in [0.717, 1.165) is 82.5 Å². The van der Waals surface area contributed by atoms with E-state index in [-0.39, 0.29) is 33.7 Å². The van der Waals surface area contributed by atoms with Crippen molar-refractivity contribution >= 4 is 21.5 Å². The zero-order valence-corrected chi connectivity index (χ0v) is 27.4. The molecule has 3 fully saturated rings. The minimum Gasteiger partial charge on any atom is -0.462 e. The fraction of sp³-hybridized carbons (Fsp3) is 0.486. The summed E-state index contributed by atoms with van der Waals surface area (Å²) in [6, 6.07) is 23.3. The Kier molecular flexibility index (Phi) is 9.76. The second kappa shape index (κ2) is 13.9. The first-order chi connectivity index (χ1) is 22.3. The molecule has 2 aliphatic heterocycles. The van der Waals surface area contributed by atoms with Crippen LogP contribution in [0.3, 0.4) is 0 Å². The third kappa shape index (κ3) is 6.43. The van der Waals surface area contributed by atoms with Crippen molar-refractivity contribution in [2.24, 2.45) is 17.8 Å². The van der Waals surface area contributed by atoms with E-state index in [1.165, 1.54) is 24.5 Å². The first-order valence-electron chi connectivity index (χ1n) is 16.7. The van der Waals surface area contributed by atoms with Crippen LogP contribution < -0.4 is 4.90 Å². The molecule has 1 aliphatic carbocycles. The predicted molar refractivity (Wildman–Crippen MR) is 177 cm³/mol. The maximum absolute atomic E-state index is 12.9. The molecule has 0 radical (unpaired) electrons. The lowest BCUT2D eigenvalue weighted by atomic mass is 9.59. The van der Waals surface area contributed by atoms with Gasteiger partial charge in [-0.2, -0.15) is 5.26 Å². The van der Waals surface area contributed by atoms with E-state index in [2.05, 4.69) is 33.0 Å². The highest BCUT2D eigenvalue weighted by atomic mass is 32.2. The molecule has 3 atom stereocenters. The summed E-state index contributed by atoms with van der Waals surface area (Å²) in [5.41, 5.74) is 1.43. The third-order valence-corrected chi connectivity index (χ3v) is 12.2. The van der Waals surface area contributed by atoms with E-state index < -0.39 is 15.3 Å². The van der Waals surface area contributed by atoms with Gasteiger partial charge < -0.3 is 14.5 Å². The van der Waals surface area contributed by atoms with Crippen LogP contribution in [0.25, 0.3) is 0 Å². The van der Waals surface area contributed by atoms with Crippen molar-refractivity contribution in [3.05, 3.63) is 84.7 Å². The number of nitrogens with zero attached hydrogens (tertiary/aromatic N) is 4. The Morgan fingerprint density at radius 3 is 2.28 bits per heavy atom. The van der Waals surface area contributed by atoms with Crippen LogP contribution >= 0.6 is 0 Å². The molecule has 2 aromatic carbocycles. The predicted octanol–water partition coefficient (Wildman–Crippen LogP) is 6.04. The van der Waals surface area contributed by atoms with Gasteiger partial charge in [-0.1, -0.05) is 37.3 Å². The number of rotatable bonds is 11. The lowest BCUT2D eigenvalue weighted by Gasteiger charge is -2.48. The van der Waals surface area contributed by atoms with Gasteiger partial charge in [-0.25, -0.2) is 8.42 Å². The van der Waals surface area contributed by atoms with E-state index in [4.69, 9.17) is 4.74 Å². The molecule has 46 heavy (non-hydrogen) atoms. The van der Waals surface area contributed by atoms with Crippen LogP contribution in [0.1, 0.15) is 57.4 Å². The molecule has 1 saturated carbocycles. The maximum atomic E-state index is 12.9. The fourth-order valence-electron chi connectivity index (χ4n) is 8.05. The van der Waals surface area contributed by atoms with Gasteiger partial charge in [-0.3, -0.25) is 9.78 Å². The van der Waals surface area contributed by atoms with Crippen LogP contribution in [0.5, 0.6) is 0 Å². The molecule has 0 amide bonds. The Balaban J connectivity index is 1.07. The van der Waals surface area contributed by atoms with E-state index in [9.17, 15) is 18.5 Å². The standard InChI is InChI=1S/C37H44N4O4S/c1-2-7-36(42)45-35-11-6-10-34(35)37(27-38,29-8-4-3-5-9-29)30-18-22-40(23-19-30)24-28-25-41(26-28)31-12-14-32(15-13-31)46(43,44)33-16-20-39-21-17-33/h3-5,8-9,12-17,20-21,28,30,34-35H,2,6-7,10-11,18-19,22-26H2,1H3. The molecule has 242 valence electrons. The number of sulfone groups is 1. The summed E-state index contributed by atoms with van der Waals surface area (Å²) in [5.74, 6) is 0.605. The topological polar surface area (TPSA) is 104 Å². The zero-order valence-electron chi connectivity index (χ0n) is 26.6. The summed E-state index contributed by atoms with van der Waals surface area (Å²) in [6.07, 6.45) is 8.56. The number of anilines is 1. The Labute approximate surface area is 273 Å². The van der Waals surface area contributed by atoms with E-state index in [1.807, 2.05) is 37.3 Å². The number of ether oxygens (including phenoxy) is 1. The molecule has 1 aromatic heterocycles. The van der Waals surface area contributed by atoms with Crippen molar-refractivity contribution in [1.82, 2.24) is 9.88 Å². The summed E-state index contributed by atoms with van der Waals surface area (Å²) >= 11 is 0. The SMILES string of the molecule is CCCC(=O)OC1CCCC1C(C#N)(c1ccccc1)C1CCN(CC2CN(c3ccc(S(=O)(=O)c4ccncc4)cc3)C2)CC1. The Morgan fingerprint density at radius 2 is 1.63 bits per heavy atom. The first-order valence-corrected chi connectivity index (χ1v) is 18.2. The molecule has 3 heterocycles. The number of nitriles is 1. The van der Waals surface area contributed by atoms with Gasteiger partial charge in [0, 0.05) is 56.0 Å². The molecule has 2 saturated heterocycles. The van der Waals surface area contributed by atoms with Gasteiger partial charge in [-0.05, 0) is 99.5 Å². The number of carbonyl (C=O) groups excluding carboxylic acids is 1. The van der Waals surface area contributed by atoms with Gasteiger partial charge in [0.15, 0.2) is 0 Å². The van der Waals surface area contributed by atoms with Gasteiger partial charge in [0.25, 0.3) is 0 Å². The molecule has 0 N–H and O–H groups in total. The Morgan fingerprint density at radius 1 is 0.957 bits per heavy atom. The highest BCUT2D eigenvalue weighted by Crippen LogP contribution is 2.51. The summed E-state index contributed by atoms with van der Waals surface area (Å²) in [6.45, 7) is 6.79. The van der Waals surface area contributed by atoms with Crippen LogP contribution in [0, 0.1) is 29.1 Å². The number of piperidine rings is 1. The van der Waals surface area contributed by atoms with Crippen LogP contribution in [-0.2, 0) is 24.8 Å². The molecule has 0 bridgehead atoms. The summed E-state index contributed by atoms with van der Waals surface area (Å²) in [5, 5.41) is 11.0. The lowest BCUT2D eigenvalue weighted by molar-refractivity contribution is -0.152. The van der Waals surface area contributed by atoms with Gasteiger partial charge in [0.1, 0.15) is 6.10 Å². The van der Waals surface area contributed by atoms with Crippen molar-refractivity contribution in [3.8, 4) is 6.07 Å². The number of esters is 1. The van der Waals surface area contributed by atoms with E-state index >= 15 is 0 Å². The average molecular weight is 641 g/mol. The van der Waals surface area contributed by atoms with Gasteiger partial charge in [0.2, 0.25) is 9.84 Å². The van der Waals surface area contributed by atoms with Crippen molar-refractivity contribution in [2.45, 2.75) is 73.2 Å². The second-order valence-electron chi connectivity index (χ2n) is 13.2. The number of likely N-dealkylation sites (tertiary alicyclic amines) is 1. The van der Waals surface area contributed by atoms with Crippen LogP contribution in [0.15, 0.2) is 88.9 Å². The number of benzene rings is 2. The van der Waals surface area contributed by atoms with Crippen molar-refractivity contribution in [3.63, 3.8) is 0 Å². The number of carbonyl (C=O) groups is 1. The minimum atomic E-state index is -3.56. The molecule has 3 aromatic rings. The molecular formula is C37H44N4O4S. The van der Waals surface area contributed by atoms with Crippen molar-refractivity contribution < 1.29 is 17.9 Å². The lowest BCUT2D eigenvalue weighted by Crippen LogP contribution is -2.54. The van der Waals surface area contributed by atoms with Crippen molar-refractivity contribution in [2.75, 3.05) is 37.6 Å². The van der Waals surface area contributed by atoms with Crippen molar-refractivity contribution in [1.29, 1.82) is 5.26 Å². The average Bonchev–Trinajstić information content (AvgIpc) is 3.53. The number of hydrogen-bond acceptors (Lipinski definition) is 8. The molecule has 3 aliphatic rings. The van der Waals surface area contributed by atoms with Crippen LogP contribution in [-0.4, -0.2) is 63.1 Å². The molecule has 6 rings (SSSR count). The molecule has 9 heteroatoms. The first kappa shape index (κ1) is 32.2. The summed E-state index contributed by atoms with van der Waals surface area (Å²) < 4.78 is 31.9. The van der Waals surface area contributed by atoms with E-state index in [1.54, 1.807) is 12.1 Å². The Bertz CT molecular complexity index is 1610. The van der Waals surface area contributed by atoms with Crippen LogP contribution in [0.2, 0.25) is 0 Å². The largest absolute Gasteiger partial charge is 0.462 e. The monoisotopic (exact) mass is 640 g/mol. The molecule has 8 nitrogen and oxygen atoms in total. The zero-order chi connectivity index (χ0) is 32.1. The highest BCUT2D eigenvalue weighted by molar-refractivity contribution is 7.91. The smallest absolute Gasteiger partial charge is 0.306 e. The fourth-order valence-corrected chi connectivity index (χ4v) is 9.29. The molecular weight excluding hydrogens is 596 g/mol. The summed E-state index contributed by atoms with van der Waals surface area (Å²) in [7, 11) is -3.56. The normalized spacial score (nSPS) is 22.5. The Hall–Kier alpha value is -3.74. The number of aromatic nitrogens is 1. The quantitative estimate of drug-likeness (QED) is 0.234. The highest BCUT2D eigenvalue weighted by Gasteiger charge is 2.53. The second-order valence-corrected chi connectivity index (χ2v) is 15.1. The number of hydrogen-bond donors (Lipinski definition) is 0. The van der Waals surface area contributed by atoms with Gasteiger partial charge >= 0.3 is 5.97 Å². The third-order valence-electron chi connectivity index (χ3n) is 10.4. The minimum absolute atomic E-state index is 0.00326. The molecule has 3 unspecified atom stereocenters. The van der Waals surface area contributed by atoms with Crippen LogP contribution in [0.4, 0.5) is 5.69 Å². The number of pyridine rings is 1. The van der Waals surface area contributed by atoms with Gasteiger partial charge in [0.05, 0.1) is 21.3 Å². The molecule has 0 spiro atoms. The van der Waals surface area contributed by atoms with E-state index in [0.29, 0.717) is 12.3 Å². The summed E-state index contributed by atoms with van der Waals surface area (Å²) in [4.78, 5) is 21.8.